The van der Waals surface area contributed by atoms with Gasteiger partial charge in [-0.1, -0.05) is 11.6 Å². The van der Waals surface area contributed by atoms with Crippen LogP contribution in [-0.4, -0.2) is 35.9 Å². The molecular weight excluding hydrogens is 326 g/mol. The fourth-order valence-corrected chi connectivity index (χ4v) is 1.60. The van der Waals surface area contributed by atoms with Crippen molar-refractivity contribution in [2.75, 3.05) is 13.2 Å². The minimum atomic E-state index is -3.92. The monoisotopic (exact) mass is 336 g/mol. The van der Waals surface area contributed by atoms with Crippen LogP contribution in [0.2, 0.25) is 5.02 Å². The molecule has 0 aromatic heterocycles. The number of hydrogen-bond donors (Lipinski definition) is 1. The average molecular weight is 337 g/mol. The van der Waals surface area contributed by atoms with Crippen LogP contribution in [0.25, 0.3) is 0 Å². The van der Waals surface area contributed by atoms with Gasteiger partial charge in [-0.05, 0) is 13.0 Å². The summed E-state index contributed by atoms with van der Waals surface area (Å²) < 4.78 is 30.9. The summed E-state index contributed by atoms with van der Waals surface area (Å²) in [5.74, 6) is -6.77. The van der Waals surface area contributed by atoms with Crippen molar-refractivity contribution in [3.63, 3.8) is 0 Å². The predicted octanol–water partition coefficient (Wildman–Crippen LogP) is 2.18. The molecule has 22 heavy (non-hydrogen) atoms. The van der Waals surface area contributed by atoms with Crippen LogP contribution in [-0.2, 0) is 9.53 Å². The van der Waals surface area contributed by atoms with Gasteiger partial charge in [-0.15, -0.1) is 0 Å². The normalized spacial score (nSPS) is 10.9. The van der Waals surface area contributed by atoms with Gasteiger partial charge in [0.05, 0.1) is 28.7 Å². The van der Waals surface area contributed by atoms with Crippen molar-refractivity contribution in [2.45, 2.75) is 12.8 Å². The molecule has 7 nitrogen and oxygen atoms in total. The number of nitrogens with zero attached hydrogens (tertiary/aromatic N) is 1. The van der Waals surface area contributed by atoms with Crippen LogP contribution in [0, 0.1) is 10.1 Å². The Hall–Kier alpha value is -2.29. The molecule has 1 aromatic rings. The lowest BCUT2D eigenvalue weighted by atomic mass is 10.2. The maximum absolute atomic E-state index is 13.4. The number of carbonyl (C=O) groups excluding carboxylic acids is 2. The van der Waals surface area contributed by atoms with E-state index in [0.717, 1.165) is 18.2 Å². The van der Waals surface area contributed by atoms with E-state index in [1.807, 2.05) is 0 Å². The molecule has 0 saturated carbocycles. The molecule has 1 aromatic carbocycles. The number of esters is 1. The Morgan fingerprint density at radius 1 is 1.45 bits per heavy atom. The topological polar surface area (TPSA) is 98.5 Å². The number of halogens is 3. The number of nitrogens with one attached hydrogen (secondary N) is 1. The summed E-state index contributed by atoms with van der Waals surface area (Å²) in [5.41, 5.74) is -0.776. The standard InChI is InChI=1S/C12H11ClF2N2O5/c1-2-22-11(19)12(14,15)6-16-10(18)8-5-7(17(20)21)3-4-9(8)13/h3-5H,2,6H2,1H3,(H,16,18). The lowest BCUT2D eigenvalue weighted by Crippen LogP contribution is -2.43. The van der Waals surface area contributed by atoms with Crippen LogP contribution in [0.5, 0.6) is 0 Å². The molecule has 0 fully saturated rings. The Bertz CT molecular complexity index is 609. The third-order valence-corrected chi connectivity index (χ3v) is 2.78. The molecule has 0 unspecified atom stereocenters. The predicted molar refractivity (Wildman–Crippen MR) is 72.0 cm³/mol. The van der Waals surface area contributed by atoms with E-state index in [-0.39, 0.29) is 17.2 Å². The smallest absolute Gasteiger partial charge is 0.378 e. The average Bonchev–Trinajstić information content (AvgIpc) is 2.45. The van der Waals surface area contributed by atoms with Crippen molar-refractivity contribution < 1.29 is 28.0 Å². The van der Waals surface area contributed by atoms with Gasteiger partial charge >= 0.3 is 11.9 Å². The lowest BCUT2D eigenvalue weighted by molar-refractivity contribution is -0.384. The maximum Gasteiger partial charge on any atom is 0.378 e. The number of benzene rings is 1. The SMILES string of the molecule is CCOC(=O)C(F)(F)CNC(=O)c1cc([N+](=O)[O-])ccc1Cl. The second-order valence-corrected chi connectivity index (χ2v) is 4.44. The van der Waals surface area contributed by atoms with Crippen LogP contribution in [0.1, 0.15) is 17.3 Å². The van der Waals surface area contributed by atoms with Gasteiger partial charge in [0.15, 0.2) is 0 Å². The number of non-ortho nitro benzene ring substituents is 1. The number of nitro benzene ring substituents is 1. The molecule has 0 aliphatic heterocycles. The van der Waals surface area contributed by atoms with Crippen molar-refractivity contribution in [1.82, 2.24) is 5.32 Å². The maximum atomic E-state index is 13.4. The molecule has 0 saturated heterocycles. The molecule has 1 rings (SSSR count). The van der Waals surface area contributed by atoms with Crippen molar-refractivity contribution >= 4 is 29.2 Å². The highest BCUT2D eigenvalue weighted by Crippen LogP contribution is 2.22. The van der Waals surface area contributed by atoms with E-state index in [1.165, 1.54) is 6.92 Å². The number of ether oxygens (including phenoxy) is 1. The molecule has 0 radical (unpaired) electrons. The van der Waals surface area contributed by atoms with Crippen molar-refractivity contribution in [3.05, 3.63) is 38.9 Å². The molecule has 10 heteroatoms. The Balaban J connectivity index is 2.84. The first-order valence-corrected chi connectivity index (χ1v) is 6.34. The first kappa shape index (κ1) is 17.8. The van der Waals surface area contributed by atoms with Crippen LogP contribution in [0.15, 0.2) is 18.2 Å². The fourth-order valence-electron chi connectivity index (χ4n) is 1.40. The van der Waals surface area contributed by atoms with E-state index in [1.54, 1.807) is 5.32 Å². The first-order chi connectivity index (χ1) is 10.2. The minimum Gasteiger partial charge on any atom is -0.462 e. The van der Waals surface area contributed by atoms with Gasteiger partial charge < -0.3 is 10.1 Å². The number of alkyl halides is 2. The highest BCUT2D eigenvalue weighted by atomic mass is 35.5. The molecule has 0 bridgehead atoms. The Labute approximate surface area is 128 Å². The number of nitro groups is 1. The highest BCUT2D eigenvalue weighted by molar-refractivity contribution is 6.33. The zero-order valence-electron chi connectivity index (χ0n) is 11.3. The lowest BCUT2D eigenvalue weighted by Gasteiger charge is -2.15. The molecule has 0 spiro atoms. The molecule has 1 N–H and O–H groups in total. The van der Waals surface area contributed by atoms with Gasteiger partial charge in [0.25, 0.3) is 11.6 Å². The second kappa shape index (κ2) is 7.12. The zero-order valence-corrected chi connectivity index (χ0v) is 12.0. The van der Waals surface area contributed by atoms with E-state index in [4.69, 9.17) is 11.6 Å². The quantitative estimate of drug-likeness (QED) is 0.487. The van der Waals surface area contributed by atoms with Gasteiger partial charge in [-0.2, -0.15) is 8.78 Å². The van der Waals surface area contributed by atoms with E-state index >= 15 is 0 Å². The van der Waals surface area contributed by atoms with Gasteiger partial charge in [-0.3, -0.25) is 14.9 Å². The summed E-state index contributed by atoms with van der Waals surface area (Å²) in [5, 5.41) is 12.3. The summed E-state index contributed by atoms with van der Waals surface area (Å²) >= 11 is 5.70. The van der Waals surface area contributed by atoms with Crippen LogP contribution < -0.4 is 5.32 Å². The highest BCUT2D eigenvalue weighted by Gasteiger charge is 2.41. The molecule has 120 valence electrons. The minimum absolute atomic E-state index is 0.150. The molecule has 1 amide bonds. The van der Waals surface area contributed by atoms with E-state index < -0.39 is 35.0 Å². The molecule has 0 atom stereocenters. The zero-order chi connectivity index (χ0) is 16.9. The summed E-state index contributed by atoms with van der Waals surface area (Å²) in [7, 11) is 0. The van der Waals surface area contributed by atoms with Crippen LogP contribution in [0.4, 0.5) is 14.5 Å². The fraction of sp³-hybridized carbons (Fsp3) is 0.333. The summed E-state index contributed by atoms with van der Waals surface area (Å²) in [4.78, 5) is 32.6. The molecular formula is C12H11ClF2N2O5. The van der Waals surface area contributed by atoms with Gasteiger partial charge in [-0.25, -0.2) is 4.79 Å². The third kappa shape index (κ3) is 4.35. The number of rotatable bonds is 6. The Morgan fingerprint density at radius 3 is 2.64 bits per heavy atom. The van der Waals surface area contributed by atoms with Crippen molar-refractivity contribution in [2.24, 2.45) is 0 Å². The van der Waals surface area contributed by atoms with Crippen LogP contribution in [0.3, 0.4) is 0 Å². The van der Waals surface area contributed by atoms with Crippen molar-refractivity contribution in [3.8, 4) is 0 Å². The van der Waals surface area contributed by atoms with Gasteiger partial charge in [0, 0.05) is 12.1 Å². The molecule has 0 heterocycles. The van der Waals surface area contributed by atoms with Gasteiger partial charge in [0.2, 0.25) is 0 Å². The summed E-state index contributed by atoms with van der Waals surface area (Å²) in [6, 6.07) is 3.00. The summed E-state index contributed by atoms with van der Waals surface area (Å²) in [6.07, 6.45) is 0. The van der Waals surface area contributed by atoms with Gasteiger partial charge in [0.1, 0.15) is 0 Å². The number of carbonyl (C=O) groups is 2. The van der Waals surface area contributed by atoms with Crippen molar-refractivity contribution in [1.29, 1.82) is 0 Å². The van der Waals surface area contributed by atoms with Crippen LogP contribution >= 0.6 is 11.6 Å². The third-order valence-electron chi connectivity index (χ3n) is 2.45. The van der Waals surface area contributed by atoms with E-state index in [2.05, 4.69) is 4.74 Å². The Kier molecular flexibility index (Phi) is 5.75. The molecule has 0 aliphatic carbocycles. The first-order valence-electron chi connectivity index (χ1n) is 5.96. The van der Waals surface area contributed by atoms with E-state index in [9.17, 15) is 28.5 Å². The molecule has 0 aliphatic rings. The second-order valence-electron chi connectivity index (χ2n) is 4.03. The largest absolute Gasteiger partial charge is 0.462 e. The summed E-state index contributed by atoms with van der Waals surface area (Å²) in [6.45, 7) is -0.196. The number of amides is 1. The Morgan fingerprint density at radius 2 is 2.09 bits per heavy atom. The number of hydrogen-bond acceptors (Lipinski definition) is 5. The van der Waals surface area contributed by atoms with E-state index in [0.29, 0.717) is 0 Å².